The molecule has 4 nitrogen and oxygen atoms in total. The summed E-state index contributed by atoms with van der Waals surface area (Å²) in [7, 11) is 0. The van der Waals surface area contributed by atoms with Gasteiger partial charge in [-0.15, -0.1) is 0 Å². The number of carbonyl (C=O) groups excluding carboxylic acids is 2. The van der Waals surface area contributed by atoms with E-state index in [1.807, 2.05) is 36.4 Å². The predicted octanol–water partition coefficient (Wildman–Crippen LogP) is 5.05. The van der Waals surface area contributed by atoms with Crippen LogP contribution in [0.15, 0.2) is 71.6 Å². The summed E-state index contributed by atoms with van der Waals surface area (Å²) >= 11 is -0.289. The van der Waals surface area contributed by atoms with Crippen molar-refractivity contribution < 1.29 is 22.8 Å². The summed E-state index contributed by atoms with van der Waals surface area (Å²) in [6, 6.07) is 18.9. The molecular formula is C23H19F3N2O2S. The molecule has 0 aromatic heterocycles. The van der Waals surface area contributed by atoms with Gasteiger partial charge in [0.05, 0.1) is 5.56 Å². The Balaban J connectivity index is 1.47. The summed E-state index contributed by atoms with van der Waals surface area (Å²) in [5, 5.41) is 1.84. The Kier molecular flexibility index (Phi) is 5.91. The number of fused-ring (bicyclic) bond motifs is 1. The molecule has 0 aliphatic carbocycles. The van der Waals surface area contributed by atoms with Crippen LogP contribution in [0.3, 0.4) is 0 Å². The van der Waals surface area contributed by atoms with E-state index in [9.17, 15) is 22.8 Å². The monoisotopic (exact) mass is 444 g/mol. The molecule has 0 radical (unpaired) electrons. The Hall–Kier alpha value is -3.00. The van der Waals surface area contributed by atoms with Gasteiger partial charge < -0.3 is 9.80 Å². The van der Waals surface area contributed by atoms with Gasteiger partial charge in [-0.1, -0.05) is 48.5 Å². The molecule has 31 heavy (non-hydrogen) atoms. The Morgan fingerprint density at radius 2 is 1.23 bits per heavy atom. The first-order chi connectivity index (χ1) is 14.8. The van der Waals surface area contributed by atoms with E-state index in [2.05, 4.69) is 0 Å². The Morgan fingerprint density at radius 1 is 0.710 bits per heavy atom. The van der Waals surface area contributed by atoms with E-state index in [1.165, 1.54) is 23.1 Å². The van der Waals surface area contributed by atoms with Crippen LogP contribution in [0, 0.1) is 0 Å². The molecule has 0 N–H and O–H groups in total. The maximum Gasteiger partial charge on any atom is 0.446 e. The van der Waals surface area contributed by atoms with E-state index in [-0.39, 0.29) is 41.2 Å². The number of halogens is 3. The number of thioether (sulfide) groups is 1. The quantitative estimate of drug-likeness (QED) is 0.531. The molecule has 160 valence electrons. The van der Waals surface area contributed by atoms with Crippen LogP contribution >= 0.6 is 11.8 Å². The minimum absolute atomic E-state index is 0.0265. The van der Waals surface area contributed by atoms with Crippen LogP contribution in [0.2, 0.25) is 0 Å². The molecule has 4 rings (SSSR count). The van der Waals surface area contributed by atoms with Crippen molar-refractivity contribution in [3.8, 4) is 0 Å². The van der Waals surface area contributed by atoms with Crippen molar-refractivity contribution in [1.29, 1.82) is 0 Å². The molecule has 0 bridgehead atoms. The maximum absolute atomic E-state index is 13.1. The van der Waals surface area contributed by atoms with Crippen LogP contribution in [-0.4, -0.2) is 53.3 Å². The highest BCUT2D eigenvalue weighted by Crippen LogP contribution is 2.38. The smallest absolute Gasteiger partial charge is 0.335 e. The van der Waals surface area contributed by atoms with Crippen LogP contribution < -0.4 is 0 Å². The van der Waals surface area contributed by atoms with Gasteiger partial charge in [0, 0.05) is 36.6 Å². The maximum atomic E-state index is 13.1. The Labute approximate surface area is 181 Å². The van der Waals surface area contributed by atoms with Gasteiger partial charge in [-0.3, -0.25) is 9.59 Å². The summed E-state index contributed by atoms with van der Waals surface area (Å²) in [5.74, 6) is -0.568. The largest absolute Gasteiger partial charge is 0.446 e. The van der Waals surface area contributed by atoms with Crippen molar-refractivity contribution in [3.63, 3.8) is 0 Å². The number of amides is 2. The third-order valence-corrected chi connectivity index (χ3v) is 6.02. The second-order valence-corrected chi connectivity index (χ2v) is 8.26. The average molecular weight is 444 g/mol. The molecule has 8 heteroatoms. The van der Waals surface area contributed by atoms with Crippen molar-refractivity contribution >= 4 is 34.3 Å². The molecule has 0 unspecified atom stereocenters. The fraction of sp³-hybridized carbons (Fsp3) is 0.217. The number of rotatable bonds is 3. The molecular weight excluding hydrogens is 425 g/mol. The lowest BCUT2D eigenvalue weighted by molar-refractivity contribution is -0.0328. The number of nitrogens with zero attached hydrogens (tertiary/aromatic N) is 2. The third-order valence-electron chi connectivity index (χ3n) is 5.22. The first-order valence-electron chi connectivity index (χ1n) is 9.74. The fourth-order valence-corrected chi connectivity index (χ4v) is 4.38. The summed E-state index contributed by atoms with van der Waals surface area (Å²) in [5.41, 5.74) is -3.84. The van der Waals surface area contributed by atoms with Gasteiger partial charge in [0.1, 0.15) is 0 Å². The summed E-state index contributed by atoms with van der Waals surface area (Å²) in [6.07, 6.45) is 0. The highest BCUT2D eigenvalue weighted by Gasteiger charge is 2.33. The highest BCUT2D eigenvalue weighted by atomic mass is 32.2. The predicted molar refractivity (Wildman–Crippen MR) is 114 cm³/mol. The SMILES string of the molecule is O=C(c1ccccc1SC(F)(F)F)N1CCN(C(=O)c2cccc3ccccc23)CC1. The standard InChI is InChI=1S/C23H19F3N2O2S/c24-23(25,26)31-20-11-4-3-9-19(20)22(30)28-14-12-27(13-15-28)21(29)18-10-5-7-16-6-1-2-8-17(16)18/h1-11H,12-15H2. The van der Waals surface area contributed by atoms with E-state index < -0.39 is 11.4 Å². The minimum atomic E-state index is -4.47. The molecule has 3 aromatic carbocycles. The fourth-order valence-electron chi connectivity index (χ4n) is 3.72. The summed E-state index contributed by atoms with van der Waals surface area (Å²) < 4.78 is 38.5. The number of piperazine rings is 1. The molecule has 1 heterocycles. The van der Waals surface area contributed by atoms with Gasteiger partial charge in [-0.2, -0.15) is 13.2 Å². The van der Waals surface area contributed by atoms with Crippen molar-refractivity contribution in [1.82, 2.24) is 9.80 Å². The Bertz CT molecular complexity index is 1120. The molecule has 1 aliphatic rings. The molecule has 1 fully saturated rings. The van der Waals surface area contributed by atoms with E-state index >= 15 is 0 Å². The lowest BCUT2D eigenvalue weighted by atomic mass is 10.0. The van der Waals surface area contributed by atoms with Crippen LogP contribution in [0.25, 0.3) is 10.8 Å². The van der Waals surface area contributed by atoms with Gasteiger partial charge in [-0.05, 0) is 40.7 Å². The summed E-state index contributed by atoms with van der Waals surface area (Å²) in [6.45, 7) is 1.17. The van der Waals surface area contributed by atoms with Gasteiger partial charge >= 0.3 is 5.51 Å². The van der Waals surface area contributed by atoms with Crippen LogP contribution in [0.1, 0.15) is 20.7 Å². The van der Waals surface area contributed by atoms with Gasteiger partial charge in [0.25, 0.3) is 11.8 Å². The number of hydrogen-bond acceptors (Lipinski definition) is 3. The molecule has 3 aromatic rings. The van der Waals surface area contributed by atoms with Crippen LogP contribution in [0.4, 0.5) is 13.2 Å². The van der Waals surface area contributed by atoms with E-state index in [0.717, 1.165) is 10.8 Å². The highest BCUT2D eigenvalue weighted by molar-refractivity contribution is 8.00. The van der Waals surface area contributed by atoms with Gasteiger partial charge in [0.15, 0.2) is 0 Å². The van der Waals surface area contributed by atoms with Crippen molar-refractivity contribution in [3.05, 3.63) is 77.9 Å². The van der Waals surface area contributed by atoms with Gasteiger partial charge in [-0.25, -0.2) is 0 Å². The number of alkyl halides is 3. The molecule has 1 saturated heterocycles. The average Bonchev–Trinajstić information content (AvgIpc) is 2.77. The van der Waals surface area contributed by atoms with E-state index in [1.54, 1.807) is 17.0 Å². The number of hydrogen-bond donors (Lipinski definition) is 0. The normalized spacial score (nSPS) is 14.7. The van der Waals surface area contributed by atoms with Crippen molar-refractivity contribution in [2.24, 2.45) is 0 Å². The Morgan fingerprint density at radius 3 is 1.90 bits per heavy atom. The molecule has 2 amide bonds. The van der Waals surface area contributed by atoms with Crippen molar-refractivity contribution in [2.75, 3.05) is 26.2 Å². The number of carbonyl (C=O) groups is 2. The topological polar surface area (TPSA) is 40.6 Å². The molecule has 0 spiro atoms. The van der Waals surface area contributed by atoms with Crippen molar-refractivity contribution in [2.45, 2.75) is 10.4 Å². The van der Waals surface area contributed by atoms with Crippen LogP contribution in [-0.2, 0) is 0 Å². The van der Waals surface area contributed by atoms with Crippen LogP contribution in [0.5, 0.6) is 0 Å². The second-order valence-electron chi connectivity index (χ2n) is 7.16. The minimum Gasteiger partial charge on any atom is -0.335 e. The lowest BCUT2D eigenvalue weighted by Gasteiger charge is -2.35. The first kappa shape index (κ1) is 21.2. The zero-order valence-electron chi connectivity index (χ0n) is 16.4. The third kappa shape index (κ3) is 4.69. The molecule has 0 atom stereocenters. The first-order valence-corrected chi connectivity index (χ1v) is 10.6. The zero-order chi connectivity index (χ0) is 22.0. The van der Waals surface area contributed by atoms with E-state index in [0.29, 0.717) is 18.7 Å². The van der Waals surface area contributed by atoms with E-state index in [4.69, 9.17) is 0 Å². The van der Waals surface area contributed by atoms with Gasteiger partial charge in [0.2, 0.25) is 0 Å². The lowest BCUT2D eigenvalue weighted by Crippen LogP contribution is -2.50. The molecule has 1 aliphatic heterocycles. The second kappa shape index (κ2) is 8.63. The summed E-state index contributed by atoms with van der Waals surface area (Å²) in [4.78, 5) is 29.0. The number of benzene rings is 3. The zero-order valence-corrected chi connectivity index (χ0v) is 17.2. The molecule has 0 saturated carbocycles.